The molecule has 1 saturated carbocycles. The number of hydrogen-bond acceptors (Lipinski definition) is 6. The van der Waals surface area contributed by atoms with Gasteiger partial charge in [-0.2, -0.15) is 0 Å². The summed E-state index contributed by atoms with van der Waals surface area (Å²) in [6.07, 6.45) is 3.54. The van der Waals surface area contributed by atoms with Crippen molar-refractivity contribution in [3.05, 3.63) is 46.6 Å². The lowest BCUT2D eigenvalue weighted by Crippen LogP contribution is -2.02. The molecule has 22 heavy (non-hydrogen) atoms. The molecule has 1 fully saturated rings. The average molecular weight is 301 g/mol. The maximum Gasteiger partial charge on any atom is 0.287 e. The molecule has 3 rings (SSSR count). The molecule has 0 amide bonds. The maximum absolute atomic E-state index is 10.6. The first-order valence-corrected chi connectivity index (χ1v) is 6.92. The molecule has 114 valence electrons. The predicted molar refractivity (Wildman–Crippen MR) is 80.0 cm³/mol. The van der Waals surface area contributed by atoms with E-state index in [0.29, 0.717) is 29.7 Å². The summed E-state index contributed by atoms with van der Waals surface area (Å²) in [5.41, 5.74) is 6.33. The van der Waals surface area contributed by atoms with Crippen LogP contribution in [-0.4, -0.2) is 16.5 Å². The van der Waals surface area contributed by atoms with Crippen molar-refractivity contribution >= 4 is 11.4 Å². The molecule has 2 aromatic rings. The summed E-state index contributed by atoms with van der Waals surface area (Å²) in [6, 6.07) is 7.87. The molecule has 0 bridgehead atoms. The summed E-state index contributed by atoms with van der Waals surface area (Å²) in [7, 11) is 0. The molecule has 1 aliphatic carbocycles. The Morgan fingerprint density at radius 3 is 2.77 bits per heavy atom. The lowest BCUT2D eigenvalue weighted by atomic mass is 10.3. The van der Waals surface area contributed by atoms with Gasteiger partial charge in [0.05, 0.1) is 17.2 Å². The monoisotopic (exact) mass is 301 g/mol. The minimum absolute atomic E-state index is 0.0851. The summed E-state index contributed by atoms with van der Waals surface area (Å²) in [5.74, 6) is 1.98. The molecule has 1 aliphatic rings. The molecule has 0 aliphatic heterocycles. The van der Waals surface area contributed by atoms with Gasteiger partial charge in [0, 0.05) is 18.2 Å². The summed E-state index contributed by atoms with van der Waals surface area (Å²) in [4.78, 5) is 14.0. The van der Waals surface area contributed by atoms with Gasteiger partial charge in [0.2, 0.25) is 5.88 Å². The van der Waals surface area contributed by atoms with Crippen molar-refractivity contribution in [3.63, 3.8) is 0 Å². The Kier molecular flexibility index (Phi) is 3.78. The Labute approximate surface area is 126 Å². The van der Waals surface area contributed by atoms with E-state index in [1.165, 1.54) is 25.0 Å². The van der Waals surface area contributed by atoms with Crippen molar-refractivity contribution in [1.29, 1.82) is 0 Å². The van der Waals surface area contributed by atoms with Crippen LogP contribution in [0, 0.1) is 16.0 Å². The third-order valence-corrected chi connectivity index (χ3v) is 3.31. The highest BCUT2D eigenvalue weighted by atomic mass is 16.6. The number of ether oxygens (including phenoxy) is 2. The van der Waals surface area contributed by atoms with Crippen LogP contribution < -0.4 is 15.2 Å². The van der Waals surface area contributed by atoms with E-state index in [-0.39, 0.29) is 11.6 Å². The molecule has 1 aromatic heterocycles. The molecule has 0 atom stereocenters. The number of aromatic nitrogens is 1. The smallest absolute Gasteiger partial charge is 0.287 e. The van der Waals surface area contributed by atoms with Crippen LogP contribution in [0.5, 0.6) is 17.4 Å². The van der Waals surface area contributed by atoms with E-state index in [9.17, 15) is 10.1 Å². The van der Waals surface area contributed by atoms with Crippen LogP contribution >= 0.6 is 0 Å². The fourth-order valence-corrected chi connectivity index (χ4v) is 1.86. The molecule has 0 radical (unpaired) electrons. The molecule has 7 heteroatoms. The van der Waals surface area contributed by atoms with E-state index in [1.807, 2.05) is 0 Å². The highest BCUT2D eigenvalue weighted by Crippen LogP contribution is 2.33. The quantitative estimate of drug-likeness (QED) is 0.499. The van der Waals surface area contributed by atoms with E-state index in [4.69, 9.17) is 15.2 Å². The maximum atomic E-state index is 10.6. The summed E-state index contributed by atoms with van der Waals surface area (Å²) in [6.45, 7) is 0.656. The average Bonchev–Trinajstić information content (AvgIpc) is 3.32. The van der Waals surface area contributed by atoms with Crippen molar-refractivity contribution < 1.29 is 14.4 Å². The summed E-state index contributed by atoms with van der Waals surface area (Å²) in [5, 5.41) is 10.6. The fourth-order valence-electron chi connectivity index (χ4n) is 1.86. The third-order valence-electron chi connectivity index (χ3n) is 3.31. The van der Waals surface area contributed by atoms with Gasteiger partial charge < -0.3 is 15.2 Å². The predicted octanol–water partition coefficient (Wildman–Crippen LogP) is 3.15. The van der Waals surface area contributed by atoms with Gasteiger partial charge >= 0.3 is 0 Å². The molecule has 0 saturated heterocycles. The zero-order chi connectivity index (χ0) is 15.5. The number of pyridine rings is 1. The molecule has 0 unspecified atom stereocenters. The van der Waals surface area contributed by atoms with Crippen LogP contribution in [0.3, 0.4) is 0 Å². The molecule has 0 spiro atoms. The first-order chi connectivity index (χ1) is 10.6. The van der Waals surface area contributed by atoms with Crippen LogP contribution in [0.1, 0.15) is 12.8 Å². The Hall–Kier alpha value is -2.83. The number of rotatable bonds is 6. The molecule has 1 heterocycles. The number of hydrogen-bond donors (Lipinski definition) is 1. The van der Waals surface area contributed by atoms with E-state index >= 15 is 0 Å². The van der Waals surface area contributed by atoms with E-state index < -0.39 is 4.92 Å². The van der Waals surface area contributed by atoms with Gasteiger partial charge in [-0.1, -0.05) is 0 Å². The number of nitrogens with two attached hydrogens (primary N) is 1. The standard InChI is InChI=1S/C15H15N3O4/c16-13-5-4-12(7-14(13)21-9-10-1-2-10)22-15-6-3-11(8-17-15)18(19)20/h3-8,10H,1-2,9,16H2. The lowest BCUT2D eigenvalue weighted by Gasteiger charge is -2.10. The number of nitrogens with zero attached hydrogens (tertiary/aromatic N) is 2. The molecule has 1 aromatic carbocycles. The number of nitro groups is 1. The van der Waals surface area contributed by atoms with E-state index in [0.717, 1.165) is 6.20 Å². The molecular formula is C15H15N3O4. The lowest BCUT2D eigenvalue weighted by molar-refractivity contribution is -0.385. The normalized spacial score (nSPS) is 13.6. The third kappa shape index (κ3) is 3.43. The zero-order valence-electron chi connectivity index (χ0n) is 11.8. The van der Waals surface area contributed by atoms with Crippen molar-refractivity contribution in [3.8, 4) is 17.4 Å². The minimum Gasteiger partial charge on any atom is -0.491 e. The van der Waals surface area contributed by atoms with Gasteiger partial charge in [0.1, 0.15) is 17.7 Å². The van der Waals surface area contributed by atoms with Gasteiger partial charge in [0.15, 0.2) is 0 Å². The number of nitrogen functional groups attached to an aromatic ring is 1. The van der Waals surface area contributed by atoms with Gasteiger partial charge in [0.25, 0.3) is 5.69 Å². The Morgan fingerprint density at radius 1 is 1.32 bits per heavy atom. The highest BCUT2D eigenvalue weighted by molar-refractivity contribution is 5.56. The van der Waals surface area contributed by atoms with Crippen molar-refractivity contribution in [1.82, 2.24) is 4.98 Å². The first-order valence-electron chi connectivity index (χ1n) is 6.92. The second-order valence-electron chi connectivity index (χ2n) is 5.17. The molecular weight excluding hydrogens is 286 g/mol. The largest absolute Gasteiger partial charge is 0.491 e. The number of benzene rings is 1. The first kappa shape index (κ1) is 14.1. The summed E-state index contributed by atoms with van der Waals surface area (Å²) >= 11 is 0. The zero-order valence-corrected chi connectivity index (χ0v) is 11.8. The Balaban J connectivity index is 1.70. The van der Waals surface area contributed by atoms with Crippen LogP contribution in [0.4, 0.5) is 11.4 Å². The molecule has 2 N–H and O–H groups in total. The van der Waals surface area contributed by atoms with Crippen molar-refractivity contribution in [2.75, 3.05) is 12.3 Å². The van der Waals surface area contributed by atoms with Crippen LogP contribution in [0.2, 0.25) is 0 Å². The SMILES string of the molecule is Nc1ccc(Oc2ccc([N+](=O)[O-])cn2)cc1OCC1CC1. The van der Waals surface area contributed by atoms with Gasteiger partial charge in [-0.25, -0.2) is 4.98 Å². The summed E-state index contributed by atoms with van der Waals surface area (Å²) < 4.78 is 11.2. The second kappa shape index (κ2) is 5.88. The Morgan fingerprint density at radius 2 is 2.14 bits per heavy atom. The van der Waals surface area contributed by atoms with E-state index in [2.05, 4.69) is 4.98 Å². The van der Waals surface area contributed by atoms with Crippen LogP contribution in [0.15, 0.2) is 36.5 Å². The highest BCUT2D eigenvalue weighted by Gasteiger charge is 2.22. The second-order valence-corrected chi connectivity index (χ2v) is 5.17. The topological polar surface area (TPSA) is 101 Å². The van der Waals surface area contributed by atoms with Crippen LogP contribution in [-0.2, 0) is 0 Å². The van der Waals surface area contributed by atoms with Crippen molar-refractivity contribution in [2.45, 2.75) is 12.8 Å². The van der Waals surface area contributed by atoms with Gasteiger partial charge in [-0.15, -0.1) is 0 Å². The minimum atomic E-state index is -0.510. The van der Waals surface area contributed by atoms with Crippen molar-refractivity contribution in [2.24, 2.45) is 5.92 Å². The van der Waals surface area contributed by atoms with E-state index in [1.54, 1.807) is 18.2 Å². The number of anilines is 1. The van der Waals surface area contributed by atoms with Gasteiger partial charge in [-0.05, 0) is 30.9 Å². The molecule has 7 nitrogen and oxygen atoms in total. The van der Waals surface area contributed by atoms with Gasteiger partial charge in [-0.3, -0.25) is 10.1 Å². The van der Waals surface area contributed by atoms with Crippen LogP contribution in [0.25, 0.3) is 0 Å². The Bertz CT molecular complexity index is 684. The fraction of sp³-hybridized carbons (Fsp3) is 0.267.